The lowest BCUT2D eigenvalue weighted by molar-refractivity contribution is 0.0730. The van der Waals surface area contributed by atoms with Crippen molar-refractivity contribution in [1.29, 1.82) is 0 Å². The Morgan fingerprint density at radius 2 is 1.92 bits per heavy atom. The molecule has 0 amide bonds. The fourth-order valence-electron chi connectivity index (χ4n) is 2.55. The predicted molar refractivity (Wildman–Crippen MR) is 116 cm³/mol. The number of ether oxygens (including phenoxy) is 1. The standard InChI is InChI=1S/C17H28N4O3S.HI/c1-3-18-17(20-14-16-7-5-4-6-15(16)2)19-8-13-25(22,23)21-9-11-24-12-10-21;/h4-7H,3,8-14H2,1-2H3,(H2,18,19,20);1H. The van der Waals surface area contributed by atoms with Gasteiger partial charge in [0.05, 0.1) is 25.5 Å². The highest BCUT2D eigenvalue weighted by atomic mass is 127. The van der Waals surface area contributed by atoms with Gasteiger partial charge >= 0.3 is 0 Å². The van der Waals surface area contributed by atoms with Crippen LogP contribution in [0.1, 0.15) is 18.1 Å². The molecule has 1 saturated heterocycles. The molecule has 0 aliphatic carbocycles. The summed E-state index contributed by atoms with van der Waals surface area (Å²) in [6.07, 6.45) is 0. The zero-order valence-electron chi connectivity index (χ0n) is 15.4. The van der Waals surface area contributed by atoms with Gasteiger partial charge in [0.25, 0.3) is 0 Å². The molecule has 1 aliphatic rings. The number of hydrogen-bond acceptors (Lipinski definition) is 4. The van der Waals surface area contributed by atoms with Crippen molar-refractivity contribution < 1.29 is 13.2 Å². The lowest BCUT2D eigenvalue weighted by Crippen LogP contribution is -2.45. The number of guanidine groups is 1. The van der Waals surface area contributed by atoms with E-state index in [0.29, 0.717) is 45.4 Å². The first-order valence-electron chi connectivity index (χ1n) is 8.65. The molecule has 1 fully saturated rings. The van der Waals surface area contributed by atoms with Gasteiger partial charge < -0.3 is 15.4 Å². The van der Waals surface area contributed by atoms with E-state index in [-0.39, 0.29) is 29.7 Å². The van der Waals surface area contributed by atoms with Crippen LogP contribution in [0.5, 0.6) is 0 Å². The van der Waals surface area contributed by atoms with E-state index in [1.807, 2.05) is 25.1 Å². The second-order valence-electron chi connectivity index (χ2n) is 5.88. The smallest absolute Gasteiger partial charge is 0.215 e. The Labute approximate surface area is 173 Å². The van der Waals surface area contributed by atoms with Crippen molar-refractivity contribution in [2.24, 2.45) is 4.99 Å². The summed E-state index contributed by atoms with van der Waals surface area (Å²) in [5.74, 6) is 0.671. The molecule has 0 radical (unpaired) electrons. The highest BCUT2D eigenvalue weighted by Crippen LogP contribution is 2.08. The molecule has 1 aromatic rings. The Morgan fingerprint density at radius 3 is 2.58 bits per heavy atom. The lowest BCUT2D eigenvalue weighted by atomic mass is 10.1. The maximum atomic E-state index is 12.3. The first-order chi connectivity index (χ1) is 12.0. The van der Waals surface area contributed by atoms with Crippen LogP contribution in [0.3, 0.4) is 0 Å². The maximum absolute atomic E-state index is 12.3. The molecule has 0 bridgehead atoms. The van der Waals surface area contributed by atoms with Crippen molar-refractivity contribution in [1.82, 2.24) is 14.9 Å². The molecule has 0 atom stereocenters. The predicted octanol–water partition coefficient (Wildman–Crippen LogP) is 1.33. The summed E-state index contributed by atoms with van der Waals surface area (Å²) >= 11 is 0. The largest absolute Gasteiger partial charge is 0.379 e. The van der Waals surface area contributed by atoms with E-state index in [9.17, 15) is 8.42 Å². The third kappa shape index (κ3) is 7.37. The number of sulfonamides is 1. The average molecular weight is 496 g/mol. The van der Waals surface area contributed by atoms with E-state index in [1.165, 1.54) is 9.87 Å². The molecule has 148 valence electrons. The van der Waals surface area contributed by atoms with Gasteiger partial charge in [0, 0.05) is 26.2 Å². The molecule has 26 heavy (non-hydrogen) atoms. The van der Waals surface area contributed by atoms with Crippen molar-refractivity contribution in [3.8, 4) is 0 Å². The molecular weight excluding hydrogens is 467 g/mol. The minimum atomic E-state index is -3.26. The van der Waals surface area contributed by atoms with Crippen LogP contribution in [-0.2, 0) is 21.3 Å². The molecule has 1 heterocycles. The van der Waals surface area contributed by atoms with Crippen LogP contribution in [-0.4, -0.2) is 63.8 Å². The topological polar surface area (TPSA) is 83.0 Å². The van der Waals surface area contributed by atoms with Crippen molar-refractivity contribution in [3.05, 3.63) is 35.4 Å². The summed E-state index contributed by atoms with van der Waals surface area (Å²) in [5.41, 5.74) is 2.35. The maximum Gasteiger partial charge on any atom is 0.215 e. The number of rotatable bonds is 7. The number of halogens is 1. The molecule has 2 N–H and O–H groups in total. The summed E-state index contributed by atoms with van der Waals surface area (Å²) in [4.78, 5) is 4.54. The van der Waals surface area contributed by atoms with Gasteiger partial charge in [0.15, 0.2) is 5.96 Å². The summed E-state index contributed by atoms with van der Waals surface area (Å²) in [5, 5.41) is 6.26. The van der Waals surface area contributed by atoms with Gasteiger partial charge in [0.2, 0.25) is 10.0 Å². The Hall–Kier alpha value is -0.910. The number of nitrogens with one attached hydrogen (secondary N) is 2. The van der Waals surface area contributed by atoms with Crippen LogP contribution in [0, 0.1) is 6.92 Å². The van der Waals surface area contributed by atoms with E-state index in [0.717, 1.165) is 12.1 Å². The normalized spacial score (nSPS) is 16.0. The van der Waals surface area contributed by atoms with Crippen LogP contribution in [0.2, 0.25) is 0 Å². The van der Waals surface area contributed by atoms with Gasteiger partial charge in [-0.1, -0.05) is 24.3 Å². The van der Waals surface area contributed by atoms with Crippen molar-refractivity contribution >= 4 is 40.0 Å². The number of benzene rings is 1. The minimum absolute atomic E-state index is 0. The molecule has 7 nitrogen and oxygen atoms in total. The lowest BCUT2D eigenvalue weighted by Gasteiger charge is -2.26. The van der Waals surface area contributed by atoms with Gasteiger partial charge in [-0.2, -0.15) is 4.31 Å². The third-order valence-corrected chi connectivity index (χ3v) is 5.90. The molecule has 1 aliphatic heterocycles. The van der Waals surface area contributed by atoms with Crippen LogP contribution in [0.15, 0.2) is 29.3 Å². The monoisotopic (exact) mass is 496 g/mol. The zero-order valence-corrected chi connectivity index (χ0v) is 18.5. The fourth-order valence-corrected chi connectivity index (χ4v) is 3.87. The molecule has 0 aromatic heterocycles. The molecule has 0 unspecified atom stereocenters. The fraction of sp³-hybridized carbons (Fsp3) is 0.588. The summed E-state index contributed by atoms with van der Waals surface area (Å²) < 4.78 is 31.3. The number of hydrogen-bond donors (Lipinski definition) is 2. The minimum Gasteiger partial charge on any atom is -0.379 e. The molecule has 0 saturated carbocycles. The molecule has 9 heteroatoms. The van der Waals surface area contributed by atoms with E-state index in [1.54, 1.807) is 0 Å². The van der Waals surface area contributed by atoms with Gasteiger partial charge in [-0.25, -0.2) is 13.4 Å². The SMILES string of the molecule is CCNC(=NCc1ccccc1C)NCCS(=O)(=O)N1CCOCC1.I. The quantitative estimate of drug-likeness (QED) is 0.338. The van der Waals surface area contributed by atoms with Gasteiger partial charge in [-0.15, -0.1) is 24.0 Å². The second-order valence-corrected chi connectivity index (χ2v) is 7.96. The van der Waals surface area contributed by atoms with E-state index in [2.05, 4.69) is 28.6 Å². The highest BCUT2D eigenvalue weighted by Gasteiger charge is 2.23. The molecule has 2 rings (SSSR count). The first-order valence-corrected chi connectivity index (χ1v) is 10.3. The van der Waals surface area contributed by atoms with Crippen molar-refractivity contribution in [3.63, 3.8) is 0 Å². The molecule has 0 spiro atoms. The Bertz CT molecular complexity index is 676. The van der Waals surface area contributed by atoms with Gasteiger partial charge in [0.1, 0.15) is 0 Å². The van der Waals surface area contributed by atoms with Crippen LogP contribution < -0.4 is 10.6 Å². The Balaban J connectivity index is 0.00000338. The summed E-state index contributed by atoms with van der Waals surface area (Å²) in [6.45, 7) is 7.43. The van der Waals surface area contributed by atoms with Crippen LogP contribution >= 0.6 is 24.0 Å². The van der Waals surface area contributed by atoms with Crippen LogP contribution in [0.4, 0.5) is 0 Å². The average Bonchev–Trinajstić information content (AvgIpc) is 2.61. The van der Waals surface area contributed by atoms with Crippen molar-refractivity contribution in [2.75, 3.05) is 45.1 Å². The zero-order chi connectivity index (χ0) is 18.1. The number of morpholine rings is 1. The second kappa shape index (κ2) is 11.7. The van der Waals surface area contributed by atoms with E-state index < -0.39 is 10.0 Å². The molecular formula is C17H29IN4O3S. The van der Waals surface area contributed by atoms with E-state index in [4.69, 9.17) is 4.74 Å². The number of aliphatic imine (C=N–C) groups is 1. The number of nitrogens with zero attached hydrogens (tertiary/aromatic N) is 2. The van der Waals surface area contributed by atoms with E-state index >= 15 is 0 Å². The number of aryl methyl sites for hydroxylation is 1. The third-order valence-electron chi connectivity index (χ3n) is 4.03. The van der Waals surface area contributed by atoms with Gasteiger partial charge in [-0.05, 0) is 25.0 Å². The Kier molecular flexibility index (Phi) is 10.4. The highest BCUT2D eigenvalue weighted by molar-refractivity contribution is 14.0. The van der Waals surface area contributed by atoms with Gasteiger partial charge in [-0.3, -0.25) is 0 Å². The Morgan fingerprint density at radius 1 is 1.23 bits per heavy atom. The summed E-state index contributed by atoms with van der Waals surface area (Å²) in [6, 6.07) is 8.10. The summed E-state index contributed by atoms with van der Waals surface area (Å²) in [7, 11) is -3.26. The van der Waals surface area contributed by atoms with Crippen molar-refractivity contribution in [2.45, 2.75) is 20.4 Å². The van der Waals surface area contributed by atoms with Crippen LogP contribution in [0.25, 0.3) is 0 Å². The molecule has 1 aromatic carbocycles. The first kappa shape index (κ1) is 23.1.